The van der Waals surface area contributed by atoms with Gasteiger partial charge in [-0.15, -0.1) is 11.6 Å². The minimum Gasteiger partial charge on any atom is -0.490 e. The molecule has 1 aliphatic heterocycles. The average molecular weight is 254 g/mol. The SMILES string of the molecule is CC(C)(CCl)C(=O)N1CCOc2ccccc21. The van der Waals surface area contributed by atoms with Gasteiger partial charge in [-0.25, -0.2) is 0 Å². The number of carbonyl (C=O) groups is 1. The molecule has 1 aromatic carbocycles. The second kappa shape index (κ2) is 4.57. The Morgan fingerprint density at radius 3 is 2.88 bits per heavy atom. The molecule has 0 saturated heterocycles. The predicted octanol–water partition coefficient (Wildman–Crippen LogP) is 2.68. The van der Waals surface area contributed by atoms with Gasteiger partial charge in [-0.1, -0.05) is 12.1 Å². The summed E-state index contributed by atoms with van der Waals surface area (Å²) in [6, 6.07) is 7.58. The van der Waals surface area contributed by atoms with Crippen molar-refractivity contribution in [3.8, 4) is 5.75 Å². The lowest BCUT2D eigenvalue weighted by atomic mass is 9.93. The van der Waals surface area contributed by atoms with Crippen LogP contribution in [0.5, 0.6) is 5.75 Å². The fourth-order valence-electron chi connectivity index (χ4n) is 1.80. The van der Waals surface area contributed by atoms with Crippen LogP contribution >= 0.6 is 11.6 Å². The van der Waals surface area contributed by atoms with Crippen LogP contribution in [-0.2, 0) is 4.79 Å². The number of rotatable bonds is 2. The molecule has 0 radical (unpaired) electrons. The van der Waals surface area contributed by atoms with Crippen molar-refractivity contribution < 1.29 is 9.53 Å². The fourth-order valence-corrected chi connectivity index (χ4v) is 1.92. The number of para-hydroxylation sites is 2. The summed E-state index contributed by atoms with van der Waals surface area (Å²) in [6.45, 7) is 4.83. The molecule has 0 bridgehead atoms. The van der Waals surface area contributed by atoms with E-state index in [0.29, 0.717) is 19.0 Å². The van der Waals surface area contributed by atoms with Gasteiger partial charge in [0.05, 0.1) is 17.6 Å². The number of hydrogen-bond acceptors (Lipinski definition) is 2. The topological polar surface area (TPSA) is 29.5 Å². The first-order chi connectivity index (χ1) is 8.06. The number of anilines is 1. The van der Waals surface area contributed by atoms with Crippen LogP contribution in [0.4, 0.5) is 5.69 Å². The molecule has 0 spiro atoms. The Kier molecular flexibility index (Phi) is 3.29. The third kappa shape index (κ3) is 2.25. The highest BCUT2D eigenvalue weighted by Gasteiger charge is 2.34. The van der Waals surface area contributed by atoms with Gasteiger partial charge in [0, 0.05) is 5.88 Å². The Hall–Kier alpha value is -1.22. The Morgan fingerprint density at radius 1 is 1.47 bits per heavy atom. The second-order valence-electron chi connectivity index (χ2n) is 4.79. The number of halogens is 1. The number of benzene rings is 1. The van der Waals surface area contributed by atoms with Crippen molar-refractivity contribution in [1.29, 1.82) is 0 Å². The zero-order valence-electron chi connectivity index (χ0n) is 10.1. The summed E-state index contributed by atoms with van der Waals surface area (Å²) >= 11 is 5.86. The summed E-state index contributed by atoms with van der Waals surface area (Å²) in [6.07, 6.45) is 0. The van der Waals surface area contributed by atoms with Gasteiger partial charge in [-0.2, -0.15) is 0 Å². The molecule has 0 unspecified atom stereocenters. The molecular formula is C13H16ClNO2. The van der Waals surface area contributed by atoms with Crippen LogP contribution in [0.15, 0.2) is 24.3 Å². The summed E-state index contributed by atoms with van der Waals surface area (Å²) in [7, 11) is 0. The smallest absolute Gasteiger partial charge is 0.234 e. The Morgan fingerprint density at radius 2 is 2.18 bits per heavy atom. The zero-order chi connectivity index (χ0) is 12.5. The van der Waals surface area contributed by atoms with E-state index < -0.39 is 5.41 Å². The Bertz CT molecular complexity index is 431. The lowest BCUT2D eigenvalue weighted by Crippen LogP contribution is -2.45. The van der Waals surface area contributed by atoms with E-state index in [1.807, 2.05) is 38.1 Å². The first-order valence-electron chi connectivity index (χ1n) is 5.66. The molecule has 1 amide bonds. The number of alkyl halides is 1. The maximum Gasteiger partial charge on any atom is 0.234 e. The van der Waals surface area contributed by atoms with Crippen molar-refractivity contribution in [3.05, 3.63) is 24.3 Å². The van der Waals surface area contributed by atoms with Gasteiger partial charge in [-0.3, -0.25) is 4.79 Å². The van der Waals surface area contributed by atoms with E-state index in [9.17, 15) is 4.79 Å². The van der Waals surface area contributed by atoms with Crippen LogP contribution < -0.4 is 9.64 Å². The van der Waals surface area contributed by atoms with E-state index in [1.54, 1.807) is 4.90 Å². The molecule has 92 valence electrons. The number of nitrogens with zero attached hydrogens (tertiary/aromatic N) is 1. The molecular weight excluding hydrogens is 238 g/mol. The van der Waals surface area contributed by atoms with E-state index in [2.05, 4.69) is 0 Å². The van der Waals surface area contributed by atoms with Crippen molar-refractivity contribution in [2.45, 2.75) is 13.8 Å². The standard InChI is InChI=1S/C13H16ClNO2/c1-13(2,9-14)12(16)15-7-8-17-11-6-4-3-5-10(11)15/h3-6H,7-9H2,1-2H3. The maximum absolute atomic E-state index is 12.4. The van der Waals surface area contributed by atoms with E-state index in [1.165, 1.54) is 0 Å². The molecule has 3 nitrogen and oxygen atoms in total. The molecule has 17 heavy (non-hydrogen) atoms. The van der Waals surface area contributed by atoms with Gasteiger partial charge in [0.25, 0.3) is 0 Å². The van der Waals surface area contributed by atoms with Crippen molar-refractivity contribution >= 4 is 23.2 Å². The molecule has 0 N–H and O–H groups in total. The van der Waals surface area contributed by atoms with E-state index >= 15 is 0 Å². The van der Waals surface area contributed by atoms with Gasteiger partial charge in [0.1, 0.15) is 12.4 Å². The first kappa shape index (κ1) is 12.2. The highest BCUT2D eigenvalue weighted by atomic mass is 35.5. The third-order valence-electron chi connectivity index (χ3n) is 2.89. The largest absolute Gasteiger partial charge is 0.490 e. The highest BCUT2D eigenvalue weighted by Crippen LogP contribution is 2.34. The summed E-state index contributed by atoms with van der Waals surface area (Å²) in [4.78, 5) is 14.2. The minimum absolute atomic E-state index is 0.0447. The second-order valence-corrected chi connectivity index (χ2v) is 5.06. The van der Waals surface area contributed by atoms with Gasteiger partial charge < -0.3 is 9.64 Å². The summed E-state index contributed by atoms with van der Waals surface area (Å²) in [5.74, 6) is 1.12. The summed E-state index contributed by atoms with van der Waals surface area (Å²) in [5.41, 5.74) is 0.286. The summed E-state index contributed by atoms with van der Waals surface area (Å²) < 4.78 is 5.52. The number of hydrogen-bond donors (Lipinski definition) is 0. The quantitative estimate of drug-likeness (QED) is 0.759. The lowest BCUT2D eigenvalue weighted by Gasteiger charge is -2.34. The number of amides is 1. The van der Waals surface area contributed by atoms with Crippen molar-refractivity contribution in [2.24, 2.45) is 5.41 Å². The van der Waals surface area contributed by atoms with E-state index in [4.69, 9.17) is 16.3 Å². The molecule has 0 aliphatic carbocycles. The molecule has 4 heteroatoms. The normalized spacial score (nSPS) is 15.1. The summed E-state index contributed by atoms with van der Waals surface area (Å²) in [5, 5.41) is 0. The molecule has 2 rings (SSSR count). The van der Waals surface area contributed by atoms with Crippen LogP contribution in [0.1, 0.15) is 13.8 Å². The minimum atomic E-state index is -0.550. The van der Waals surface area contributed by atoms with Crippen LogP contribution in [0.25, 0.3) is 0 Å². The molecule has 0 saturated carbocycles. The van der Waals surface area contributed by atoms with Crippen molar-refractivity contribution in [3.63, 3.8) is 0 Å². The molecule has 0 atom stereocenters. The van der Waals surface area contributed by atoms with E-state index in [0.717, 1.165) is 11.4 Å². The third-order valence-corrected chi connectivity index (χ3v) is 3.55. The van der Waals surface area contributed by atoms with Crippen molar-refractivity contribution in [1.82, 2.24) is 0 Å². The average Bonchev–Trinajstić information content (AvgIpc) is 2.37. The molecule has 0 fully saturated rings. The maximum atomic E-state index is 12.4. The van der Waals surface area contributed by atoms with Gasteiger partial charge in [0.2, 0.25) is 5.91 Å². The lowest BCUT2D eigenvalue weighted by molar-refractivity contribution is -0.125. The van der Waals surface area contributed by atoms with Crippen molar-refractivity contribution in [2.75, 3.05) is 23.9 Å². The number of ether oxygens (including phenoxy) is 1. The Labute approximate surface area is 106 Å². The van der Waals surface area contributed by atoms with Crippen LogP contribution in [0.3, 0.4) is 0 Å². The fraction of sp³-hybridized carbons (Fsp3) is 0.462. The van der Waals surface area contributed by atoms with E-state index in [-0.39, 0.29) is 5.91 Å². The zero-order valence-corrected chi connectivity index (χ0v) is 10.8. The monoisotopic (exact) mass is 253 g/mol. The van der Waals surface area contributed by atoms with Gasteiger partial charge in [-0.05, 0) is 26.0 Å². The number of fused-ring (bicyclic) bond motifs is 1. The Balaban J connectivity index is 2.33. The van der Waals surface area contributed by atoms with Gasteiger partial charge >= 0.3 is 0 Å². The number of carbonyl (C=O) groups excluding carboxylic acids is 1. The predicted molar refractivity (Wildman–Crippen MR) is 68.8 cm³/mol. The molecule has 0 aromatic heterocycles. The molecule has 1 heterocycles. The van der Waals surface area contributed by atoms with Gasteiger partial charge in [0.15, 0.2) is 0 Å². The van der Waals surface area contributed by atoms with Crippen LogP contribution in [-0.4, -0.2) is 24.9 Å². The highest BCUT2D eigenvalue weighted by molar-refractivity contribution is 6.20. The van der Waals surface area contributed by atoms with Crippen LogP contribution in [0.2, 0.25) is 0 Å². The first-order valence-corrected chi connectivity index (χ1v) is 6.19. The molecule has 1 aliphatic rings. The van der Waals surface area contributed by atoms with Crippen LogP contribution in [0, 0.1) is 5.41 Å². The molecule has 1 aromatic rings.